The highest BCUT2D eigenvalue weighted by molar-refractivity contribution is 5.98. The first-order chi connectivity index (χ1) is 14.5. The fraction of sp³-hybridized carbons (Fsp3) is 0.286. The monoisotopic (exact) mass is 409 g/mol. The van der Waals surface area contributed by atoms with Crippen molar-refractivity contribution in [1.29, 1.82) is 0 Å². The molecule has 1 aromatic carbocycles. The Hall–Kier alpha value is -3.62. The lowest BCUT2D eigenvalue weighted by molar-refractivity contribution is 0.0980. The number of benzene rings is 1. The third-order valence-corrected chi connectivity index (χ3v) is 4.86. The van der Waals surface area contributed by atoms with E-state index in [2.05, 4.69) is 15.2 Å². The average molecular weight is 409 g/mol. The minimum atomic E-state index is -0.312. The number of rotatable bonds is 7. The Morgan fingerprint density at radius 1 is 1.17 bits per heavy atom. The zero-order valence-electron chi connectivity index (χ0n) is 16.4. The fourth-order valence-corrected chi connectivity index (χ4v) is 3.29. The van der Waals surface area contributed by atoms with E-state index in [1.165, 1.54) is 18.3 Å². The minimum Gasteiger partial charge on any atom is -0.426 e. The number of anilines is 1. The molecule has 2 aromatic heterocycles. The normalized spacial score (nSPS) is 13.9. The van der Waals surface area contributed by atoms with Crippen molar-refractivity contribution in [2.45, 2.75) is 26.3 Å². The Morgan fingerprint density at radius 3 is 2.70 bits per heavy atom. The number of aromatic nitrogens is 3. The van der Waals surface area contributed by atoms with Gasteiger partial charge in [-0.1, -0.05) is 12.1 Å². The number of nitrogens with zero attached hydrogens (tertiary/aromatic N) is 5. The summed E-state index contributed by atoms with van der Waals surface area (Å²) < 4.78 is 18.4. The number of amides is 2. The molecule has 8 nitrogen and oxygen atoms in total. The van der Waals surface area contributed by atoms with Crippen molar-refractivity contribution in [3.8, 4) is 0 Å². The average Bonchev–Trinajstić information content (AvgIpc) is 3.33. The van der Waals surface area contributed by atoms with Crippen LogP contribution < -0.4 is 4.90 Å². The van der Waals surface area contributed by atoms with Gasteiger partial charge in [-0.15, -0.1) is 10.2 Å². The summed E-state index contributed by atoms with van der Waals surface area (Å²) in [7, 11) is 0. The maximum absolute atomic E-state index is 13.1. The summed E-state index contributed by atoms with van der Waals surface area (Å²) in [6.07, 6.45) is 2.09. The smallest absolute Gasteiger partial charge is 0.326 e. The number of Topliss-reactive ketones (excluding diaryl/α,β-unsaturated/α-hetero) is 1. The van der Waals surface area contributed by atoms with E-state index in [-0.39, 0.29) is 24.1 Å². The molecule has 2 amide bonds. The second-order valence-electron chi connectivity index (χ2n) is 7.02. The van der Waals surface area contributed by atoms with Crippen LogP contribution in [0.25, 0.3) is 0 Å². The number of ketones is 1. The van der Waals surface area contributed by atoms with Gasteiger partial charge < -0.3 is 9.32 Å². The Kier molecular flexibility index (Phi) is 5.51. The molecular weight excluding hydrogens is 389 g/mol. The molecule has 0 spiro atoms. The van der Waals surface area contributed by atoms with Gasteiger partial charge in [-0.25, -0.2) is 14.2 Å². The maximum atomic E-state index is 13.1. The van der Waals surface area contributed by atoms with Gasteiger partial charge in [0.05, 0.1) is 0 Å². The second-order valence-corrected chi connectivity index (χ2v) is 7.02. The molecule has 1 saturated heterocycles. The highest BCUT2D eigenvalue weighted by Gasteiger charge is 2.30. The molecule has 1 aliphatic rings. The van der Waals surface area contributed by atoms with Crippen molar-refractivity contribution in [3.05, 3.63) is 71.3 Å². The first-order valence-corrected chi connectivity index (χ1v) is 9.59. The number of carbonyl (C=O) groups excluding carboxylic acids is 2. The zero-order chi connectivity index (χ0) is 21.1. The summed E-state index contributed by atoms with van der Waals surface area (Å²) in [5.41, 5.74) is 1.32. The summed E-state index contributed by atoms with van der Waals surface area (Å²) in [5, 5.41) is 7.64. The summed E-state index contributed by atoms with van der Waals surface area (Å²) in [6, 6.07) is 9.13. The first kappa shape index (κ1) is 19.7. The predicted molar refractivity (Wildman–Crippen MR) is 105 cm³/mol. The molecule has 3 aromatic rings. The van der Waals surface area contributed by atoms with E-state index in [4.69, 9.17) is 4.42 Å². The van der Waals surface area contributed by atoms with Gasteiger partial charge in [-0.05, 0) is 29.8 Å². The zero-order valence-corrected chi connectivity index (χ0v) is 16.4. The van der Waals surface area contributed by atoms with Gasteiger partial charge in [-0.3, -0.25) is 9.69 Å². The molecule has 30 heavy (non-hydrogen) atoms. The molecule has 9 heteroatoms. The van der Waals surface area contributed by atoms with Crippen LogP contribution >= 0.6 is 0 Å². The van der Waals surface area contributed by atoms with Crippen LogP contribution in [0.1, 0.15) is 34.1 Å². The van der Waals surface area contributed by atoms with E-state index in [9.17, 15) is 14.0 Å². The van der Waals surface area contributed by atoms with Crippen LogP contribution in [-0.2, 0) is 13.0 Å². The molecule has 0 unspecified atom stereocenters. The van der Waals surface area contributed by atoms with E-state index in [0.29, 0.717) is 49.2 Å². The molecule has 154 valence electrons. The van der Waals surface area contributed by atoms with Crippen LogP contribution in [0.3, 0.4) is 0 Å². The van der Waals surface area contributed by atoms with Crippen molar-refractivity contribution in [3.63, 3.8) is 0 Å². The molecule has 1 aliphatic heterocycles. The summed E-state index contributed by atoms with van der Waals surface area (Å²) in [6.45, 7) is 3.07. The lowest BCUT2D eigenvalue weighted by Gasteiger charge is -2.18. The van der Waals surface area contributed by atoms with E-state index < -0.39 is 0 Å². The van der Waals surface area contributed by atoms with Gasteiger partial charge in [-0.2, -0.15) is 0 Å². The van der Waals surface area contributed by atoms with Gasteiger partial charge in [0, 0.05) is 51.2 Å². The third-order valence-electron chi connectivity index (χ3n) is 4.86. The second kappa shape index (κ2) is 8.40. The number of halogens is 1. The van der Waals surface area contributed by atoms with Crippen molar-refractivity contribution in [2.75, 3.05) is 18.0 Å². The van der Waals surface area contributed by atoms with Crippen LogP contribution in [0.15, 0.2) is 47.0 Å². The van der Waals surface area contributed by atoms with Crippen LogP contribution in [0.4, 0.5) is 15.0 Å². The molecule has 0 radical (unpaired) electrons. The van der Waals surface area contributed by atoms with Crippen molar-refractivity contribution >= 4 is 17.6 Å². The lowest BCUT2D eigenvalue weighted by atomic mass is 10.1. The molecule has 0 aliphatic carbocycles. The standard InChI is InChI=1S/C21H20FN5O3/c1-14-24-25-20(30-14)7-6-18(28)16-8-9-23-19(12-16)27-11-10-26(21(27)29)13-15-2-4-17(22)5-3-15/h2-5,8-9,12H,6-7,10-11,13H2,1H3. The fourth-order valence-electron chi connectivity index (χ4n) is 3.29. The van der Waals surface area contributed by atoms with Crippen LogP contribution in [0.5, 0.6) is 0 Å². The number of pyridine rings is 1. The Balaban J connectivity index is 1.41. The van der Waals surface area contributed by atoms with Gasteiger partial charge in [0.25, 0.3) is 0 Å². The van der Waals surface area contributed by atoms with E-state index in [1.807, 2.05) is 0 Å². The van der Waals surface area contributed by atoms with Crippen LogP contribution in [-0.4, -0.2) is 45.0 Å². The van der Waals surface area contributed by atoms with E-state index in [0.717, 1.165) is 5.56 Å². The Labute approximate surface area is 172 Å². The van der Waals surface area contributed by atoms with Crippen LogP contribution in [0.2, 0.25) is 0 Å². The van der Waals surface area contributed by atoms with Gasteiger partial charge in [0.2, 0.25) is 11.8 Å². The van der Waals surface area contributed by atoms with E-state index >= 15 is 0 Å². The number of aryl methyl sites for hydroxylation is 2. The highest BCUT2D eigenvalue weighted by atomic mass is 19.1. The predicted octanol–water partition coefficient (Wildman–Crippen LogP) is 3.17. The van der Waals surface area contributed by atoms with Crippen molar-refractivity contribution < 1.29 is 18.4 Å². The van der Waals surface area contributed by atoms with E-state index in [1.54, 1.807) is 41.0 Å². The number of urea groups is 1. The number of hydrogen-bond acceptors (Lipinski definition) is 6. The molecule has 1 fully saturated rings. The summed E-state index contributed by atoms with van der Waals surface area (Å²) >= 11 is 0. The number of carbonyl (C=O) groups is 2. The van der Waals surface area contributed by atoms with Gasteiger partial charge in [0.1, 0.15) is 11.6 Å². The topological polar surface area (TPSA) is 92.4 Å². The summed E-state index contributed by atoms with van der Waals surface area (Å²) in [4.78, 5) is 32.8. The minimum absolute atomic E-state index is 0.0932. The van der Waals surface area contributed by atoms with Crippen molar-refractivity contribution in [1.82, 2.24) is 20.1 Å². The van der Waals surface area contributed by atoms with Gasteiger partial charge in [0.15, 0.2) is 5.78 Å². The molecule has 3 heterocycles. The van der Waals surface area contributed by atoms with Gasteiger partial charge >= 0.3 is 6.03 Å². The third kappa shape index (κ3) is 4.35. The summed E-state index contributed by atoms with van der Waals surface area (Å²) in [5.74, 6) is 0.904. The highest BCUT2D eigenvalue weighted by Crippen LogP contribution is 2.21. The molecular formula is C21H20FN5O3. The molecule has 0 atom stereocenters. The number of hydrogen-bond donors (Lipinski definition) is 0. The lowest BCUT2D eigenvalue weighted by Crippen LogP contribution is -2.32. The van der Waals surface area contributed by atoms with Crippen molar-refractivity contribution in [2.24, 2.45) is 0 Å². The largest absolute Gasteiger partial charge is 0.426 e. The maximum Gasteiger partial charge on any atom is 0.326 e. The molecule has 0 saturated carbocycles. The Morgan fingerprint density at radius 2 is 1.97 bits per heavy atom. The SMILES string of the molecule is Cc1nnc(CCC(=O)c2ccnc(N3CCN(Cc4ccc(F)cc4)C3=O)c2)o1. The van der Waals surface area contributed by atoms with Crippen LogP contribution in [0, 0.1) is 12.7 Å². The molecule has 0 N–H and O–H groups in total. The Bertz CT molecular complexity index is 1070. The molecule has 0 bridgehead atoms. The first-order valence-electron chi connectivity index (χ1n) is 9.59. The molecule has 4 rings (SSSR count). The quantitative estimate of drug-likeness (QED) is 0.557.